The number of methoxy groups -OCH3 is 1. The van der Waals surface area contributed by atoms with E-state index < -0.39 is 0 Å². The van der Waals surface area contributed by atoms with E-state index in [1.807, 2.05) is 24.3 Å². The van der Waals surface area contributed by atoms with Gasteiger partial charge < -0.3 is 4.74 Å². The van der Waals surface area contributed by atoms with E-state index >= 15 is 0 Å². The normalized spacial score (nSPS) is 10.0. The number of aromatic nitrogens is 2. The summed E-state index contributed by atoms with van der Waals surface area (Å²) in [5.74, 6) is 0.844. The van der Waals surface area contributed by atoms with Gasteiger partial charge in [-0.25, -0.2) is 0 Å². The summed E-state index contributed by atoms with van der Waals surface area (Å²) >= 11 is 3.43. The van der Waals surface area contributed by atoms with Gasteiger partial charge in [-0.1, -0.05) is 12.1 Å². The molecule has 0 aliphatic carbocycles. The van der Waals surface area contributed by atoms with Gasteiger partial charge in [0, 0.05) is 10.0 Å². The van der Waals surface area contributed by atoms with Crippen molar-refractivity contribution in [2.75, 3.05) is 7.11 Å². The van der Waals surface area contributed by atoms with Crippen molar-refractivity contribution >= 4 is 15.9 Å². The van der Waals surface area contributed by atoms with Crippen LogP contribution in [0.2, 0.25) is 0 Å². The molecule has 2 rings (SSSR count). The van der Waals surface area contributed by atoms with Crippen LogP contribution in [-0.2, 0) is 0 Å². The molecular formula is C11H9BrN2O. The van der Waals surface area contributed by atoms with Crippen molar-refractivity contribution in [1.82, 2.24) is 10.2 Å². The van der Waals surface area contributed by atoms with Crippen LogP contribution in [0, 0.1) is 0 Å². The van der Waals surface area contributed by atoms with E-state index in [0.29, 0.717) is 0 Å². The molecule has 0 bridgehead atoms. The fourth-order valence-corrected chi connectivity index (χ4v) is 1.71. The van der Waals surface area contributed by atoms with Crippen LogP contribution < -0.4 is 4.74 Å². The minimum Gasteiger partial charge on any atom is -0.497 e. The molecule has 15 heavy (non-hydrogen) atoms. The molecule has 4 heteroatoms. The standard InChI is InChI=1S/C11H9BrN2O/c1-15-9-4-2-8(3-5-9)10-6-13-14-7-11(10)12/h2-7H,1H3. The second-order valence-corrected chi connectivity index (χ2v) is 3.83. The number of hydrogen-bond acceptors (Lipinski definition) is 3. The van der Waals surface area contributed by atoms with Crippen LogP contribution in [0.3, 0.4) is 0 Å². The van der Waals surface area contributed by atoms with Crippen molar-refractivity contribution in [3.63, 3.8) is 0 Å². The van der Waals surface area contributed by atoms with Crippen LogP contribution in [-0.4, -0.2) is 17.3 Å². The minimum absolute atomic E-state index is 0.844. The van der Waals surface area contributed by atoms with Crippen molar-refractivity contribution in [3.8, 4) is 16.9 Å². The van der Waals surface area contributed by atoms with Crippen molar-refractivity contribution in [2.45, 2.75) is 0 Å². The van der Waals surface area contributed by atoms with Crippen LogP contribution in [0.25, 0.3) is 11.1 Å². The maximum atomic E-state index is 5.10. The Balaban J connectivity index is 2.42. The summed E-state index contributed by atoms with van der Waals surface area (Å²) < 4.78 is 6.03. The molecule has 1 heterocycles. The van der Waals surface area contributed by atoms with Gasteiger partial charge in [-0.15, -0.1) is 0 Å². The molecule has 0 saturated heterocycles. The quantitative estimate of drug-likeness (QED) is 0.837. The summed E-state index contributed by atoms with van der Waals surface area (Å²) in [7, 11) is 1.65. The number of hydrogen-bond donors (Lipinski definition) is 0. The lowest BCUT2D eigenvalue weighted by atomic mass is 10.1. The number of rotatable bonds is 2. The Labute approximate surface area is 96.2 Å². The molecule has 1 aromatic heterocycles. The zero-order valence-corrected chi connectivity index (χ0v) is 9.73. The molecule has 3 nitrogen and oxygen atoms in total. The van der Waals surface area contributed by atoms with Gasteiger partial charge in [0.15, 0.2) is 0 Å². The van der Waals surface area contributed by atoms with Crippen molar-refractivity contribution in [3.05, 3.63) is 41.1 Å². The van der Waals surface area contributed by atoms with Gasteiger partial charge in [-0.3, -0.25) is 0 Å². The first-order valence-corrected chi connectivity index (χ1v) is 5.21. The fraction of sp³-hybridized carbons (Fsp3) is 0.0909. The lowest BCUT2D eigenvalue weighted by molar-refractivity contribution is 0.415. The van der Waals surface area contributed by atoms with Crippen molar-refractivity contribution in [2.24, 2.45) is 0 Å². The van der Waals surface area contributed by atoms with E-state index in [9.17, 15) is 0 Å². The third-order valence-electron chi connectivity index (χ3n) is 2.08. The summed E-state index contributed by atoms with van der Waals surface area (Å²) in [6.07, 6.45) is 3.41. The molecule has 0 spiro atoms. The fourth-order valence-electron chi connectivity index (χ4n) is 1.29. The Morgan fingerprint density at radius 3 is 2.33 bits per heavy atom. The second kappa shape index (κ2) is 4.40. The van der Waals surface area contributed by atoms with Gasteiger partial charge >= 0.3 is 0 Å². The number of ether oxygens (including phenoxy) is 1. The van der Waals surface area contributed by atoms with Gasteiger partial charge in [0.1, 0.15) is 5.75 Å². The molecule has 0 aliphatic heterocycles. The van der Waals surface area contributed by atoms with Gasteiger partial charge in [-0.05, 0) is 33.6 Å². The van der Waals surface area contributed by atoms with Crippen LogP contribution >= 0.6 is 15.9 Å². The van der Waals surface area contributed by atoms with E-state index in [4.69, 9.17) is 4.74 Å². The van der Waals surface area contributed by atoms with Crippen LogP contribution in [0.1, 0.15) is 0 Å². The summed E-state index contributed by atoms with van der Waals surface area (Å²) in [4.78, 5) is 0. The molecule has 0 amide bonds. The molecular weight excluding hydrogens is 256 g/mol. The third-order valence-corrected chi connectivity index (χ3v) is 2.71. The van der Waals surface area contributed by atoms with E-state index in [-0.39, 0.29) is 0 Å². The number of benzene rings is 1. The summed E-state index contributed by atoms with van der Waals surface area (Å²) in [5, 5.41) is 7.64. The van der Waals surface area contributed by atoms with E-state index in [1.54, 1.807) is 19.5 Å². The first-order chi connectivity index (χ1) is 7.31. The first kappa shape index (κ1) is 10.1. The Morgan fingerprint density at radius 2 is 1.73 bits per heavy atom. The van der Waals surface area contributed by atoms with E-state index in [2.05, 4.69) is 26.1 Å². The van der Waals surface area contributed by atoms with Gasteiger partial charge in [0.05, 0.1) is 19.5 Å². The van der Waals surface area contributed by atoms with Crippen LogP contribution in [0.5, 0.6) is 5.75 Å². The maximum Gasteiger partial charge on any atom is 0.118 e. The van der Waals surface area contributed by atoms with Crippen LogP contribution in [0.15, 0.2) is 41.1 Å². The number of nitrogens with zero attached hydrogens (tertiary/aromatic N) is 2. The molecule has 0 N–H and O–H groups in total. The Morgan fingerprint density at radius 1 is 1.07 bits per heavy atom. The molecule has 76 valence electrons. The molecule has 2 aromatic rings. The smallest absolute Gasteiger partial charge is 0.118 e. The highest BCUT2D eigenvalue weighted by Gasteiger charge is 2.03. The average molecular weight is 265 g/mol. The maximum absolute atomic E-state index is 5.10. The predicted molar refractivity (Wildman–Crippen MR) is 61.7 cm³/mol. The number of halogens is 1. The highest BCUT2D eigenvalue weighted by molar-refractivity contribution is 9.10. The average Bonchev–Trinajstić information content (AvgIpc) is 2.30. The molecule has 0 unspecified atom stereocenters. The minimum atomic E-state index is 0.844. The summed E-state index contributed by atoms with van der Waals surface area (Å²) in [6.45, 7) is 0. The second-order valence-electron chi connectivity index (χ2n) is 2.98. The van der Waals surface area contributed by atoms with Crippen LogP contribution in [0.4, 0.5) is 0 Å². The molecule has 0 aliphatic rings. The molecule has 0 saturated carbocycles. The molecule has 0 fully saturated rings. The summed E-state index contributed by atoms with van der Waals surface area (Å²) in [5.41, 5.74) is 2.10. The third kappa shape index (κ3) is 2.15. The zero-order chi connectivity index (χ0) is 10.7. The Kier molecular flexibility index (Phi) is 2.97. The van der Waals surface area contributed by atoms with Gasteiger partial charge in [-0.2, -0.15) is 10.2 Å². The monoisotopic (exact) mass is 264 g/mol. The zero-order valence-electron chi connectivity index (χ0n) is 8.14. The van der Waals surface area contributed by atoms with Crippen molar-refractivity contribution < 1.29 is 4.74 Å². The SMILES string of the molecule is COc1ccc(-c2cnncc2Br)cc1. The Bertz CT molecular complexity index is 456. The predicted octanol–water partition coefficient (Wildman–Crippen LogP) is 2.91. The van der Waals surface area contributed by atoms with Gasteiger partial charge in [0.25, 0.3) is 0 Å². The van der Waals surface area contributed by atoms with Gasteiger partial charge in [0.2, 0.25) is 0 Å². The van der Waals surface area contributed by atoms with Crippen molar-refractivity contribution in [1.29, 1.82) is 0 Å². The Hall–Kier alpha value is -1.42. The topological polar surface area (TPSA) is 35.0 Å². The molecule has 0 radical (unpaired) electrons. The largest absolute Gasteiger partial charge is 0.497 e. The summed E-state index contributed by atoms with van der Waals surface area (Å²) in [6, 6.07) is 7.81. The lowest BCUT2D eigenvalue weighted by Crippen LogP contribution is -1.86. The van der Waals surface area contributed by atoms with E-state index in [0.717, 1.165) is 21.3 Å². The molecule has 0 atom stereocenters. The lowest BCUT2D eigenvalue weighted by Gasteiger charge is -2.04. The molecule has 1 aromatic carbocycles. The highest BCUT2D eigenvalue weighted by Crippen LogP contribution is 2.27. The highest BCUT2D eigenvalue weighted by atomic mass is 79.9. The van der Waals surface area contributed by atoms with E-state index in [1.165, 1.54) is 0 Å². The first-order valence-electron chi connectivity index (χ1n) is 4.42.